The number of primary amides is 1. The highest BCUT2D eigenvalue weighted by Gasteiger charge is 2.35. The van der Waals surface area contributed by atoms with E-state index in [-0.39, 0.29) is 24.7 Å². The first-order valence-corrected chi connectivity index (χ1v) is 8.82. The molecule has 1 aliphatic carbocycles. The van der Waals surface area contributed by atoms with Gasteiger partial charge in [0.1, 0.15) is 11.8 Å². The number of nitriles is 1. The van der Waals surface area contributed by atoms with Gasteiger partial charge in [-0.1, -0.05) is 12.8 Å². The number of hydrogen-bond acceptors (Lipinski definition) is 6. The van der Waals surface area contributed by atoms with Gasteiger partial charge in [-0.15, -0.1) is 0 Å². The minimum absolute atomic E-state index is 0.0342. The predicted octanol–water partition coefficient (Wildman–Crippen LogP) is -0.422. The van der Waals surface area contributed by atoms with Crippen LogP contribution in [-0.2, 0) is 19.1 Å². The number of rotatable bonds is 7. The molecule has 0 bridgehead atoms. The highest BCUT2D eigenvalue weighted by atomic mass is 16.5. The first-order chi connectivity index (χ1) is 12.0. The van der Waals surface area contributed by atoms with E-state index < -0.39 is 23.8 Å². The lowest BCUT2D eigenvalue weighted by atomic mass is 9.78. The third-order valence-electron chi connectivity index (χ3n) is 4.88. The molecule has 0 unspecified atom stereocenters. The summed E-state index contributed by atoms with van der Waals surface area (Å²) in [4.78, 5) is 38.1. The molecule has 8 nitrogen and oxygen atoms in total. The molecule has 2 fully saturated rings. The summed E-state index contributed by atoms with van der Waals surface area (Å²) in [5.74, 6) is -1.91. The van der Waals surface area contributed by atoms with Crippen LogP contribution in [0.1, 0.15) is 32.1 Å². The van der Waals surface area contributed by atoms with E-state index in [2.05, 4.69) is 5.32 Å². The minimum Gasteiger partial charge on any atom is -0.379 e. The molecule has 1 aliphatic heterocycles. The van der Waals surface area contributed by atoms with Gasteiger partial charge in [0.05, 0.1) is 25.8 Å². The normalized spacial score (nSPS) is 25.6. The summed E-state index contributed by atoms with van der Waals surface area (Å²) < 4.78 is 5.23. The van der Waals surface area contributed by atoms with Crippen LogP contribution in [0.4, 0.5) is 0 Å². The van der Waals surface area contributed by atoms with Gasteiger partial charge >= 0.3 is 0 Å². The molecular weight excluding hydrogens is 324 g/mol. The average Bonchev–Trinajstić information content (AvgIpc) is 2.61. The fraction of sp³-hybridized carbons (Fsp3) is 0.765. The van der Waals surface area contributed by atoms with Gasteiger partial charge in [-0.2, -0.15) is 5.26 Å². The van der Waals surface area contributed by atoms with Crippen molar-refractivity contribution in [3.05, 3.63) is 0 Å². The van der Waals surface area contributed by atoms with Crippen LogP contribution in [0.5, 0.6) is 0 Å². The van der Waals surface area contributed by atoms with E-state index in [0.717, 1.165) is 12.8 Å². The fourth-order valence-electron chi connectivity index (χ4n) is 3.49. The van der Waals surface area contributed by atoms with Gasteiger partial charge in [0, 0.05) is 31.3 Å². The molecule has 2 rings (SSSR count). The number of nitrogens with one attached hydrogen (secondary N) is 1. The molecule has 3 N–H and O–H groups in total. The van der Waals surface area contributed by atoms with Gasteiger partial charge in [0.2, 0.25) is 11.8 Å². The van der Waals surface area contributed by atoms with Crippen molar-refractivity contribution < 1.29 is 19.1 Å². The minimum atomic E-state index is -0.878. The van der Waals surface area contributed by atoms with E-state index in [4.69, 9.17) is 10.5 Å². The van der Waals surface area contributed by atoms with Gasteiger partial charge in [-0.05, 0) is 12.8 Å². The zero-order chi connectivity index (χ0) is 18.2. The summed E-state index contributed by atoms with van der Waals surface area (Å²) >= 11 is 0. The third kappa shape index (κ3) is 5.80. The van der Waals surface area contributed by atoms with Crippen molar-refractivity contribution in [1.82, 2.24) is 10.2 Å². The van der Waals surface area contributed by atoms with Crippen LogP contribution in [0.15, 0.2) is 0 Å². The Balaban J connectivity index is 1.85. The number of Topliss-reactive ketones (excluding diaryl/α,β-unsaturated/α-hetero) is 1. The number of carbonyl (C=O) groups excluding carboxylic acids is 3. The smallest absolute Gasteiger partial charge is 0.224 e. The Morgan fingerprint density at radius 2 is 1.84 bits per heavy atom. The molecule has 0 aromatic rings. The number of nitrogens with two attached hydrogens (primary N) is 1. The maximum atomic E-state index is 12.4. The lowest BCUT2D eigenvalue weighted by Gasteiger charge is -2.29. The summed E-state index contributed by atoms with van der Waals surface area (Å²) in [5, 5.41) is 11.9. The Labute approximate surface area is 147 Å². The van der Waals surface area contributed by atoms with Crippen LogP contribution in [-0.4, -0.2) is 61.4 Å². The van der Waals surface area contributed by atoms with E-state index in [1.54, 1.807) is 0 Å². The first-order valence-electron chi connectivity index (χ1n) is 8.82. The molecular formula is C17H26N4O4. The molecule has 138 valence electrons. The van der Waals surface area contributed by atoms with E-state index in [1.807, 2.05) is 11.0 Å². The van der Waals surface area contributed by atoms with Gasteiger partial charge in [-0.3, -0.25) is 19.3 Å². The Morgan fingerprint density at radius 1 is 1.20 bits per heavy atom. The SMILES string of the molecule is N#C[C@H](CC(=O)CN1CCOCC1)NC(=O)[C@@H]1CCCC[C@@H]1C(N)=O. The lowest BCUT2D eigenvalue weighted by Crippen LogP contribution is -2.46. The van der Waals surface area contributed by atoms with E-state index in [1.165, 1.54) is 0 Å². The number of morpholine rings is 1. The van der Waals surface area contributed by atoms with Crippen LogP contribution in [0.2, 0.25) is 0 Å². The highest BCUT2D eigenvalue weighted by Crippen LogP contribution is 2.30. The summed E-state index contributed by atoms with van der Waals surface area (Å²) in [6, 6.07) is 1.09. The maximum Gasteiger partial charge on any atom is 0.224 e. The predicted molar refractivity (Wildman–Crippen MR) is 89.1 cm³/mol. The zero-order valence-corrected chi connectivity index (χ0v) is 14.4. The maximum absolute atomic E-state index is 12.4. The van der Waals surface area contributed by atoms with E-state index in [0.29, 0.717) is 39.1 Å². The Hall–Kier alpha value is -1.98. The molecule has 0 aromatic carbocycles. The molecule has 1 saturated heterocycles. The van der Waals surface area contributed by atoms with Crippen molar-refractivity contribution in [2.45, 2.75) is 38.1 Å². The number of hydrogen-bond donors (Lipinski definition) is 2. The third-order valence-corrected chi connectivity index (χ3v) is 4.88. The highest BCUT2D eigenvalue weighted by molar-refractivity contribution is 5.88. The fourth-order valence-corrected chi connectivity index (χ4v) is 3.49. The molecule has 1 heterocycles. The monoisotopic (exact) mass is 350 g/mol. The number of carbonyl (C=O) groups is 3. The largest absolute Gasteiger partial charge is 0.379 e. The quantitative estimate of drug-likeness (QED) is 0.642. The van der Waals surface area contributed by atoms with Crippen molar-refractivity contribution >= 4 is 17.6 Å². The molecule has 0 radical (unpaired) electrons. The number of ketones is 1. The van der Waals surface area contributed by atoms with Crippen molar-refractivity contribution in [2.75, 3.05) is 32.8 Å². The molecule has 2 amide bonds. The molecule has 0 spiro atoms. The summed E-state index contributed by atoms with van der Waals surface area (Å²) in [7, 11) is 0. The lowest BCUT2D eigenvalue weighted by molar-refractivity contribution is -0.135. The Bertz CT molecular complexity index is 539. The van der Waals surface area contributed by atoms with Crippen molar-refractivity contribution in [3.63, 3.8) is 0 Å². The van der Waals surface area contributed by atoms with Crippen LogP contribution in [0.25, 0.3) is 0 Å². The molecule has 25 heavy (non-hydrogen) atoms. The van der Waals surface area contributed by atoms with Gasteiger partial charge in [0.15, 0.2) is 0 Å². The molecule has 1 saturated carbocycles. The van der Waals surface area contributed by atoms with Gasteiger partial charge in [0.25, 0.3) is 0 Å². The second kappa shape index (κ2) is 9.49. The van der Waals surface area contributed by atoms with Crippen molar-refractivity contribution in [3.8, 4) is 6.07 Å². The second-order valence-electron chi connectivity index (χ2n) is 6.72. The van der Waals surface area contributed by atoms with Crippen LogP contribution >= 0.6 is 0 Å². The van der Waals surface area contributed by atoms with Crippen LogP contribution < -0.4 is 11.1 Å². The van der Waals surface area contributed by atoms with Gasteiger partial charge < -0.3 is 15.8 Å². The molecule has 3 atom stereocenters. The van der Waals surface area contributed by atoms with Crippen molar-refractivity contribution in [2.24, 2.45) is 17.6 Å². The zero-order valence-electron chi connectivity index (χ0n) is 14.4. The van der Waals surface area contributed by atoms with E-state index >= 15 is 0 Å². The number of nitrogens with zero attached hydrogens (tertiary/aromatic N) is 2. The summed E-state index contributed by atoms with van der Waals surface area (Å²) in [6.07, 6.45) is 2.87. The van der Waals surface area contributed by atoms with Crippen molar-refractivity contribution in [1.29, 1.82) is 5.26 Å². The van der Waals surface area contributed by atoms with E-state index in [9.17, 15) is 19.6 Å². The molecule has 0 aromatic heterocycles. The Morgan fingerprint density at radius 3 is 2.44 bits per heavy atom. The molecule has 8 heteroatoms. The second-order valence-corrected chi connectivity index (χ2v) is 6.72. The number of ether oxygens (including phenoxy) is 1. The topological polar surface area (TPSA) is 126 Å². The Kier molecular flexibility index (Phi) is 7.34. The standard InChI is InChI=1S/C17H26N4O4/c18-10-12(9-13(22)11-21-5-7-25-8-6-21)20-17(24)15-4-2-1-3-14(15)16(19)23/h12,14-15H,1-9,11H2,(H2,19,23)(H,20,24)/t12-,14-,15+/m0/s1. The first kappa shape index (κ1) is 19.3. The van der Waals surface area contributed by atoms with Crippen LogP contribution in [0.3, 0.4) is 0 Å². The number of amides is 2. The van der Waals surface area contributed by atoms with Crippen LogP contribution in [0, 0.1) is 23.2 Å². The van der Waals surface area contributed by atoms with Gasteiger partial charge in [-0.25, -0.2) is 0 Å². The average molecular weight is 350 g/mol. The summed E-state index contributed by atoms with van der Waals surface area (Å²) in [6.45, 7) is 2.84. The molecule has 2 aliphatic rings. The summed E-state index contributed by atoms with van der Waals surface area (Å²) in [5.41, 5.74) is 5.39.